The number of alkyl carbamates (subject to hydrolysis) is 1. The number of nitrogens with one attached hydrogen (secondary N) is 2. The number of aromatic nitrogens is 1. The van der Waals surface area contributed by atoms with Gasteiger partial charge in [0.2, 0.25) is 5.91 Å². The Morgan fingerprint density at radius 1 is 1.43 bits per heavy atom. The molecular formula is C20H26N4O5S. The van der Waals surface area contributed by atoms with Crippen molar-refractivity contribution in [3.63, 3.8) is 0 Å². The monoisotopic (exact) mass is 434 g/mol. The molecule has 0 aliphatic carbocycles. The molecular weight excluding hydrogens is 408 g/mol. The first-order chi connectivity index (χ1) is 14.2. The lowest BCUT2D eigenvalue weighted by Crippen LogP contribution is -2.57. The van der Waals surface area contributed by atoms with Crippen molar-refractivity contribution in [2.24, 2.45) is 0 Å². The van der Waals surface area contributed by atoms with Gasteiger partial charge in [0.1, 0.15) is 6.04 Å². The van der Waals surface area contributed by atoms with E-state index in [0.29, 0.717) is 6.54 Å². The summed E-state index contributed by atoms with van der Waals surface area (Å²) in [5.41, 5.74) is 0.878. The van der Waals surface area contributed by atoms with Crippen molar-refractivity contribution in [1.29, 1.82) is 0 Å². The predicted molar refractivity (Wildman–Crippen MR) is 112 cm³/mol. The standard InChI is InChI=1S/C20H26N4O5S/c1-5-10-29-19(28)23-13(2)15(25)18(27)24-12-30-20(3,4)16(24)17(26)22-11-14-6-8-21-9-7-14/h1,6-9,13,15-16,25H,10-12H2,2-4H3,(H,22,26)(H,23,28). The van der Waals surface area contributed by atoms with Gasteiger partial charge in [-0.25, -0.2) is 4.79 Å². The number of aliphatic hydroxyl groups is 1. The topological polar surface area (TPSA) is 121 Å². The lowest BCUT2D eigenvalue weighted by molar-refractivity contribution is -0.147. The molecule has 0 spiro atoms. The van der Waals surface area contributed by atoms with Crippen molar-refractivity contribution in [3.05, 3.63) is 30.1 Å². The zero-order valence-corrected chi connectivity index (χ0v) is 17.9. The second kappa shape index (κ2) is 10.3. The smallest absolute Gasteiger partial charge is 0.408 e. The second-order valence-electron chi connectivity index (χ2n) is 7.32. The number of hydrogen-bond donors (Lipinski definition) is 3. The predicted octanol–water partition coefficient (Wildman–Crippen LogP) is 0.487. The lowest BCUT2D eigenvalue weighted by atomic mass is 9.99. The van der Waals surface area contributed by atoms with Crippen LogP contribution in [0.25, 0.3) is 0 Å². The van der Waals surface area contributed by atoms with Gasteiger partial charge in [0.05, 0.1) is 11.9 Å². The Morgan fingerprint density at radius 3 is 2.73 bits per heavy atom. The number of pyridine rings is 1. The van der Waals surface area contributed by atoms with Gasteiger partial charge in [0, 0.05) is 23.7 Å². The summed E-state index contributed by atoms with van der Waals surface area (Å²) in [7, 11) is 0. The van der Waals surface area contributed by atoms with Crippen LogP contribution in [0.15, 0.2) is 24.5 Å². The first kappa shape index (κ1) is 23.5. The van der Waals surface area contributed by atoms with E-state index in [9.17, 15) is 19.5 Å². The molecule has 1 aromatic heterocycles. The molecule has 1 fully saturated rings. The minimum absolute atomic E-state index is 0.223. The summed E-state index contributed by atoms with van der Waals surface area (Å²) < 4.78 is 4.13. The van der Waals surface area contributed by atoms with Gasteiger partial charge in [-0.1, -0.05) is 5.92 Å². The van der Waals surface area contributed by atoms with Gasteiger partial charge in [-0.05, 0) is 38.5 Å². The summed E-state index contributed by atoms with van der Waals surface area (Å²) in [6.45, 7) is 5.27. The van der Waals surface area contributed by atoms with E-state index in [1.807, 2.05) is 13.8 Å². The van der Waals surface area contributed by atoms with Crippen LogP contribution < -0.4 is 10.6 Å². The summed E-state index contributed by atoms with van der Waals surface area (Å²) >= 11 is 1.44. The Morgan fingerprint density at radius 2 is 2.10 bits per heavy atom. The number of carbonyl (C=O) groups is 3. The Hall–Kier alpha value is -2.77. The molecule has 0 aromatic carbocycles. The first-order valence-corrected chi connectivity index (χ1v) is 10.3. The maximum Gasteiger partial charge on any atom is 0.408 e. The Kier molecular flexibility index (Phi) is 8.08. The number of hydrogen-bond acceptors (Lipinski definition) is 7. The third-order valence-electron chi connectivity index (χ3n) is 4.65. The minimum Gasteiger partial charge on any atom is -0.436 e. The highest BCUT2D eigenvalue weighted by atomic mass is 32.2. The van der Waals surface area contributed by atoms with Crippen LogP contribution in [-0.4, -0.2) is 68.3 Å². The molecule has 1 aliphatic heterocycles. The van der Waals surface area contributed by atoms with Crippen LogP contribution in [0.2, 0.25) is 0 Å². The molecule has 0 saturated carbocycles. The van der Waals surface area contributed by atoms with Crippen molar-refractivity contribution in [2.75, 3.05) is 12.5 Å². The third-order valence-corrected chi connectivity index (χ3v) is 6.03. The zero-order valence-electron chi connectivity index (χ0n) is 17.1. The van der Waals surface area contributed by atoms with Gasteiger partial charge in [-0.2, -0.15) is 0 Å². The van der Waals surface area contributed by atoms with E-state index in [0.717, 1.165) is 5.56 Å². The summed E-state index contributed by atoms with van der Waals surface area (Å²) in [5, 5.41) is 15.7. The molecule has 1 saturated heterocycles. The fourth-order valence-electron chi connectivity index (χ4n) is 3.00. The molecule has 10 heteroatoms. The molecule has 1 aliphatic rings. The summed E-state index contributed by atoms with van der Waals surface area (Å²) in [6, 6.07) is 1.85. The van der Waals surface area contributed by atoms with Gasteiger partial charge < -0.3 is 25.4 Å². The maximum absolute atomic E-state index is 12.9. The van der Waals surface area contributed by atoms with Crippen molar-refractivity contribution in [3.8, 4) is 12.3 Å². The Bertz CT molecular complexity index is 811. The first-order valence-electron chi connectivity index (χ1n) is 9.33. The number of amides is 3. The van der Waals surface area contributed by atoms with Crippen LogP contribution in [0.3, 0.4) is 0 Å². The number of thioether (sulfide) groups is 1. The van der Waals surface area contributed by atoms with Crippen molar-refractivity contribution in [1.82, 2.24) is 20.5 Å². The molecule has 0 bridgehead atoms. The number of carbonyl (C=O) groups excluding carboxylic acids is 3. The Labute approximate surface area is 179 Å². The lowest BCUT2D eigenvalue weighted by Gasteiger charge is -2.32. The number of ether oxygens (including phenoxy) is 1. The summed E-state index contributed by atoms with van der Waals surface area (Å²) in [4.78, 5) is 42.7. The van der Waals surface area contributed by atoms with Crippen LogP contribution in [0.4, 0.5) is 4.79 Å². The molecule has 30 heavy (non-hydrogen) atoms. The molecule has 3 atom stereocenters. The van der Waals surface area contributed by atoms with Gasteiger partial charge in [0.15, 0.2) is 12.7 Å². The third kappa shape index (κ3) is 5.87. The van der Waals surface area contributed by atoms with Gasteiger partial charge >= 0.3 is 6.09 Å². The fraction of sp³-hybridized carbons (Fsp3) is 0.500. The molecule has 0 radical (unpaired) electrons. The average molecular weight is 435 g/mol. The van der Waals surface area contributed by atoms with E-state index in [1.54, 1.807) is 24.5 Å². The van der Waals surface area contributed by atoms with Crippen LogP contribution in [0, 0.1) is 12.3 Å². The van der Waals surface area contributed by atoms with Crippen LogP contribution in [-0.2, 0) is 20.9 Å². The van der Waals surface area contributed by atoms with Gasteiger partial charge in [-0.15, -0.1) is 18.2 Å². The summed E-state index contributed by atoms with van der Waals surface area (Å²) in [6.07, 6.45) is 5.90. The number of aliphatic hydroxyl groups excluding tert-OH is 1. The minimum atomic E-state index is -1.55. The maximum atomic E-state index is 12.9. The zero-order chi connectivity index (χ0) is 22.3. The van der Waals surface area contributed by atoms with Crippen LogP contribution in [0.5, 0.6) is 0 Å². The number of terminal acetylenes is 1. The molecule has 9 nitrogen and oxygen atoms in total. The van der Waals surface area contributed by atoms with Crippen molar-refractivity contribution >= 4 is 29.7 Å². The largest absolute Gasteiger partial charge is 0.436 e. The number of nitrogens with zero attached hydrogens (tertiary/aromatic N) is 2. The molecule has 3 N–H and O–H groups in total. The van der Waals surface area contributed by atoms with Crippen LogP contribution in [0.1, 0.15) is 26.3 Å². The molecule has 2 rings (SSSR count). The Balaban J connectivity index is 2.04. The van der Waals surface area contributed by atoms with Gasteiger partial charge in [0.25, 0.3) is 5.91 Å². The molecule has 2 heterocycles. The molecule has 3 unspecified atom stereocenters. The van der Waals surface area contributed by atoms with E-state index in [1.165, 1.54) is 23.6 Å². The highest BCUT2D eigenvalue weighted by Crippen LogP contribution is 2.39. The highest BCUT2D eigenvalue weighted by Gasteiger charge is 2.49. The van der Waals surface area contributed by atoms with Crippen LogP contribution >= 0.6 is 11.8 Å². The average Bonchev–Trinajstić information content (AvgIpc) is 3.05. The normalized spacial score (nSPS) is 19.3. The quantitative estimate of drug-likeness (QED) is 0.534. The summed E-state index contributed by atoms with van der Waals surface area (Å²) in [5.74, 6) is 1.41. The molecule has 3 amide bonds. The SMILES string of the molecule is C#CCOC(=O)NC(C)C(O)C(=O)N1CSC(C)(C)C1C(=O)NCc1ccncc1. The fourth-order valence-corrected chi connectivity index (χ4v) is 4.14. The van der Waals surface area contributed by atoms with Crippen molar-refractivity contribution in [2.45, 2.75) is 50.3 Å². The second-order valence-corrected chi connectivity index (χ2v) is 8.92. The van der Waals surface area contributed by atoms with Crippen molar-refractivity contribution < 1.29 is 24.2 Å². The molecule has 162 valence electrons. The van der Waals surface area contributed by atoms with E-state index in [-0.39, 0.29) is 18.4 Å². The van der Waals surface area contributed by atoms with E-state index >= 15 is 0 Å². The van der Waals surface area contributed by atoms with E-state index in [2.05, 4.69) is 26.3 Å². The number of rotatable bonds is 7. The van der Waals surface area contributed by atoms with Gasteiger partial charge in [-0.3, -0.25) is 14.6 Å². The molecule has 1 aromatic rings. The van der Waals surface area contributed by atoms with E-state index in [4.69, 9.17) is 6.42 Å². The van der Waals surface area contributed by atoms with E-state index < -0.39 is 34.9 Å². The highest BCUT2D eigenvalue weighted by molar-refractivity contribution is 8.00.